The van der Waals surface area contributed by atoms with E-state index in [1.807, 2.05) is 0 Å². The summed E-state index contributed by atoms with van der Waals surface area (Å²) in [5, 5.41) is 0. The van der Waals surface area contributed by atoms with Crippen LogP contribution in [-0.2, 0) is 9.53 Å². The number of hydrogen-bond donors (Lipinski definition) is 0. The molecule has 0 N–H and O–H groups in total. The van der Waals surface area contributed by atoms with E-state index in [4.69, 9.17) is 4.74 Å². The van der Waals surface area contributed by atoms with Crippen molar-refractivity contribution < 1.29 is 9.53 Å². The van der Waals surface area contributed by atoms with Gasteiger partial charge in [-0.25, -0.2) is 0 Å². The van der Waals surface area contributed by atoms with Gasteiger partial charge in [0.1, 0.15) is 6.10 Å². The summed E-state index contributed by atoms with van der Waals surface area (Å²) in [4.78, 5) is 11.2. The molecule has 0 saturated heterocycles. The molecule has 192 valence electrons. The molecule has 5 aliphatic rings. The van der Waals surface area contributed by atoms with Crippen molar-refractivity contribution in [2.45, 2.75) is 125 Å². The lowest BCUT2D eigenvalue weighted by Gasteiger charge is -2.63. The maximum absolute atomic E-state index is 11.2. The van der Waals surface area contributed by atoms with Crippen LogP contribution in [-0.4, -0.2) is 12.6 Å². The van der Waals surface area contributed by atoms with E-state index < -0.39 is 0 Å². The van der Waals surface area contributed by atoms with E-state index in [0.717, 1.165) is 30.1 Å². The Morgan fingerprint density at radius 1 is 0.912 bits per heavy atom. The van der Waals surface area contributed by atoms with Gasteiger partial charge in [0, 0.05) is 5.41 Å². The summed E-state index contributed by atoms with van der Waals surface area (Å²) in [5.41, 5.74) is 3.58. The molecule has 0 radical (unpaired) electrons. The third-order valence-electron chi connectivity index (χ3n) is 13.9. The molecule has 2 nitrogen and oxygen atoms in total. The average Bonchev–Trinajstić information content (AvgIpc) is 3.36. The molecule has 0 aromatic rings. The van der Waals surface area contributed by atoms with Gasteiger partial charge in [0.15, 0.2) is 0 Å². The van der Waals surface area contributed by atoms with Gasteiger partial charge in [-0.1, -0.05) is 53.7 Å². The molecule has 5 aliphatic carbocycles. The van der Waals surface area contributed by atoms with Gasteiger partial charge in [-0.3, -0.25) is 4.79 Å². The number of ether oxygens (including phenoxy) is 1. The van der Waals surface area contributed by atoms with Crippen molar-refractivity contribution in [1.82, 2.24) is 0 Å². The van der Waals surface area contributed by atoms with E-state index in [0.29, 0.717) is 34.1 Å². The summed E-state index contributed by atoms with van der Waals surface area (Å²) in [5.74, 6) is 3.99. The number of fused-ring (bicyclic) bond motifs is 2. The Morgan fingerprint density at radius 3 is 2.26 bits per heavy atom. The topological polar surface area (TPSA) is 26.3 Å². The van der Waals surface area contributed by atoms with Crippen LogP contribution in [0.15, 0.2) is 12.2 Å². The molecule has 5 saturated carbocycles. The third-order valence-corrected chi connectivity index (χ3v) is 13.9. The van der Waals surface area contributed by atoms with Gasteiger partial charge in [0.25, 0.3) is 6.47 Å². The maximum atomic E-state index is 11.2. The van der Waals surface area contributed by atoms with Gasteiger partial charge in [-0.2, -0.15) is 0 Å². The van der Waals surface area contributed by atoms with E-state index in [1.165, 1.54) is 69.8 Å². The van der Waals surface area contributed by atoms with Gasteiger partial charge in [-0.15, -0.1) is 0 Å². The second-order valence-corrected chi connectivity index (χ2v) is 15.0. The van der Waals surface area contributed by atoms with Crippen molar-refractivity contribution >= 4 is 6.47 Å². The second kappa shape index (κ2) is 7.85. The van der Waals surface area contributed by atoms with Gasteiger partial charge in [-0.05, 0) is 129 Å². The molecule has 5 rings (SSSR count). The molecular formula is C32H52O2. The zero-order valence-corrected chi connectivity index (χ0v) is 23.3. The molecule has 0 aromatic carbocycles. The molecule has 34 heavy (non-hydrogen) atoms. The Balaban J connectivity index is 1.37. The van der Waals surface area contributed by atoms with Crippen LogP contribution >= 0.6 is 0 Å². The monoisotopic (exact) mass is 468 g/mol. The van der Waals surface area contributed by atoms with E-state index in [1.54, 1.807) is 0 Å². The molecule has 5 fully saturated rings. The average molecular weight is 469 g/mol. The minimum absolute atomic E-state index is 0.109. The van der Waals surface area contributed by atoms with Crippen LogP contribution in [0.1, 0.15) is 119 Å². The van der Waals surface area contributed by atoms with E-state index in [9.17, 15) is 4.79 Å². The number of carbonyl (C=O) groups excluding carboxylic acids is 1. The van der Waals surface area contributed by atoms with E-state index in [2.05, 4.69) is 55.0 Å². The van der Waals surface area contributed by atoms with E-state index >= 15 is 0 Å². The Morgan fingerprint density at radius 2 is 1.59 bits per heavy atom. The zero-order valence-electron chi connectivity index (χ0n) is 23.3. The summed E-state index contributed by atoms with van der Waals surface area (Å²) in [6.07, 6.45) is 15.1. The standard InChI is InChI=1S/C32H52O2/c1-21(2)22(3)9-10-23(4)24-13-15-30(8)26-12-11-25-28(5,6)27(34-20-33)14-16-31(25)19-32(26,31)18-17-29(24,30)7/h20,22-27H,1,9-19H2,2-8H3. The van der Waals surface area contributed by atoms with Crippen LogP contribution in [0.2, 0.25) is 0 Å². The second-order valence-electron chi connectivity index (χ2n) is 15.0. The Hall–Kier alpha value is -0.790. The summed E-state index contributed by atoms with van der Waals surface area (Å²) < 4.78 is 5.66. The minimum atomic E-state index is 0.109. The largest absolute Gasteiger partial charge is 0.464 e. The number of carbonyl (C=O) groups is 1. The highest BCUT2D eigenvalue weighted by molar-refractivity contribution is 5.38. The van der Waals surface area contributed by atoms with Gasteiger partial charge in [0.05, 0.1) is 0 Å². The SMILES string of the molecule is C=C(C)C(C)CCC(C)C1CCC2(C)C3CCC4C(C)(C)C(OC=O)CCC45CC35CCC12C. The molecule has 0 aliphatic heterocycles. The summed E-state index contributed by atoms with van der Waals surface area (Å²) >= 11 is 0. The summed E-state index contributed by atoms with van der Waals surface area (Å²) in [6.45, 7) is 22.3. The van der Waals surface area contributed by atoms with Crippen LogP contribution in [0.3, 0.4) is 0 Å². The van der Waals surface area contributed by atoms with Crippen molar-refractivity contribution in [3.8, 4) is 0 Å². The Labute approximate surface area is 210 Å². The van der Waals surface area contributed by atoms with Gasteiger partial charge < -0.3 is 4.74 Å². The van der Waals surface area contributed by atoms with Crippen molar-refractivity contribution in [2.24, 2.45) is 56.7 Å². The Kier molecular flexibility index (Phi) is 5.75. The first kappa shape index (κ1) is 24.9. The fourth-order valence-corrected chi connectivity index (χ4v) is 11.6. The first-order chi connectivity index (χ1) is 15.9. The van der Waals surface area contributed by atoms with Crippen LogP contribution in [0.5, 0.6) is 0 Å². The summed E-state index contributed by atoms with van der Waals surface area (Å²) in [6, 6.07) is 0. The lowest BCUT2D eigenvalue weighted by molar-refractivity contribution is -0.174. The fourth-order valence-electron chi connectivity index (χ4n) is 11.6. The highest BCUT2D eigenvalue weighted by atomic mass is 16.5. The molecular weight excluding hydrogens is 416 g/mol. The van der Waals surface area contributed by atoms with Crippen LogP contribution in [0.25, 0.3) is 0 Å². The number of hydrogen-bond acceptors (Lipinski definition) is 2. The summed E-state index contributed by atoms with van der Waals surface area (Å²) in [7, 11) is 0. The molecule has 2 heteroatoms. The molecule has 2 spiro atoms. The lowest BCUT2D eigenvalue weighted by Crippen LogP contribution is -2.57. The van der Waals surface area contributed by atoms with Crippen molar-refractivity contribution in [2.75, 3.05) is 0 Å². The van der Waals surface area contributed by atoms with Crippen molar-refractivity contribution in [1.29, 1.82) is 0 Å². The van der Waals surface area contributed by atoms with Gasteiger partial charge in [0.2, 0.25) is 0 Å². The first-order valence-corrected chi connectivity index (χ1v) is 14.6. The molecule has 0 amide bonds. The highest BCUT2D eigenvalue weighted by Crippen LogP contribution is 2.89. The molecule has 10 unspecified atom stereocenters. The zero-order chi connectivity index (χ0) is 24.7. The van der Waals surface area contributed by atoms with Gasteiger partial charge >= 0.3 is 0 Å². The fraction of sp³-hybridized carbons (Fsp3) is 0.906. The van der Waals surface area contributed by atoms with Crippen molar-refractivity contribution in [3.05, 3.63) is 12.2 Å². The van der Waals surface area contributed by atoms with E-state index in [-0.39, 0.29) is 11.5 Å². The molecule has 10 atom stereocenters. The number of allylic oxidation sites excluding steroid dienone is 1. The lowest BCUT2D eigenvalue weighted by atomic mass is 9.41. The predicted octanol–water partition coefficient (Wildman–Crippen LogP) is 8.60. The number of rotatable bonds is 7. The highest BCUT2D eigenvalue weighted by Gasteiger charge is 2.82. The van der Waals surface area contributed by atoms with Crippen LogP contribution < -0.4 is 0 Å². The first-order valence-electron chi connectivity index (χ1n) is 14.6. The quantitative estimate of drug-likeness (QED) is 0.276. The smallest absolute Gasteiger partial charge is 0.293 e. The minimum Gasteiger partial charge on any atom is -0.464 e. The molecule has 0 aromatic heterocycles. The molecule has 0 bridgehead atoms. The predicted molar refractivity (Wildman–Crippen MR) is 140 cm³/mol. The Bertz CT molecular complexity index is 844. The maximum Gasteiger partial charge on any atom is 0.293 e. The third kappa shape index (κ3) is 3.01. The normalized spacial score (nSPS) is 50.1. The van der Waals surface area contributed by atoms with Crippen LogP contribution in [0, 0.1) is 56.7 Å². The van der Waals surface area contributed by atoms with Crippen molar-refractivity contribution in [3.63, 3.8) is 0 Å². The molecule has 0 heterocycles. The van der Waals surface area contributed by atoms with Crippen LogP contribution in [0.4, 0.5) is 0 Å².